The van der Waals surface area contributed by atoms with Crippen molar-refractivity contribution in [3.8, 4) is 11.7 Å². The number of aliphatic hydroxyl groups excluding tert-OH is 1. The zero-order chi connectivity index (χ0) is 18.4. The molecule has 2 rings (SSSR count). The van der Waals surface area contributed by atoms with E-state index in [0.29, 0.717) is 17.9 Å². The van der Waals surface area contributed by atoms with E-state index < -0.39 is 6.10 Å². The first kappa shape index (κ1) is 18.8. The second kappa shape index (κ2) is 8.04. The van der Waals surface area contributed by atoms with Crippen LogP contribution in [0.1, 0.15) is 27.7 Å². The van der Waals surface area contributed by atoms with Crippen LogP contribution in [0.2, 0.25) is 0 Å². The van der Waals surface area contributed by atoms with Crippen LogP contribution in [0.5, 0.6) is 6.01 Å². The van der Waals surface area contributed by atoms with Crippen molar-refractivity contribution < 1.29 is 14.6 Å². The summed E-state index contributed by atoms with van der Waals surface area (Å²) in [5.74, 6) is -0.142. The van der Waals surface area contributed by atoms with E-state index in [1.54, 1.807) is 24.3 Å². The van der Waals surface area contributed by atoms with Crippen LogP contribution in [0, 0.1) is 0 Å². The highest BCUT2D eigenvalue weighted by Gasteiger charge is 2.15. The van der Waals surface area contributed by atoms with Gasteiger partial charge in [-0.2, -0.15) is 4.68 Å². The number of amides is 1. The fourth-order valence-electron chi connectivity index (χ4n) is 1.97. The van der Waals surface area contributed by atoms with Crippen LogP contribution >= 0.6 is 0 Å². The summed E-state index contributed by atoms with van der Waals surface area (Å²) >= 11 is 0. The van der Waals surface area contributed by atoms with Crippen LogP contribution < -0.4 is 15.4 Å². The summed E-state index contributed by atoms with van der Waals surface area (Å²) in [5, 5.41) is 27.2. The molecule has 1 aromatic carbocycles. The Morgan fingerprint density at radius 1 is 1.32 bits per heavy atom. The van der Waals surface area contributed by atoms with Gasteiger partial charge < -0.3 is 20.5 Å². The molecule has 0 aliphatic heterocycles. The van der Waals surface area contributed by atoms with Crippen molar-refractivity contribution in [3.63, 3.8) is 0 Å². The Morgan fingerprint density at radius 3 is 2.60 bits per heavy atom. The van der Waals surface area contributed by atoms with E-state index in [1.807, 2.05) is 20.8 Å². The van der Waals surface area contributed by atoms with Crippen LogP contribution in [0.4, 0.5) is 5.69 Å². The Bertz CT molecular complexity index is 693. The number of hydrogen-bond donors (Lipinski definition) is 3. The number of β-amino-alcohol motifs (C(OH)–C–C–N with tert-alkyl or cyclic N) is 1. The second-order valence-corrected chi connectivity index (χ2v) is 6.70. The predicted molar refractivity (Wildman–Crippen MR) is 92.7 cm³/mol. The molecule has 1 heterocycles. The number of rotatable bonds is 7. The number of carbonyl (C=O) groups is 1. The highest BCUT2D eigenvalue weighted by Crippen LogP contribution is 2.16. The molecular weight excluding hydrogens is 324 g/mol. The van der Waals surface area contributed by atoms with Crippen LogP contribution in [-0.2, 0) is 4.79 Å². The van der Waals surface area contributed by atoms with E-state index in [9.17, 15) is 9.90 Å². The third kappa shape index (κ3) is 6.12. The van der Waals surface area contributed by atoms with Gasteiger partial charge in [-0.15, -0.1) is 0 Å². The molecule has 0 bridgehead atoms. The maximum atomic E-state index is 11.0. The Morgan fingerprint density at radius 2 is 2.00 bits per heavy atom. The average molecular weight is 348 g/mol. The van der Waals surface area contributed by atoms with Gasteiger partial charge in [-0.25, -0.2) is 0 Å². The molecule has 2 aromatic rings. The van der Waals surface area contributed by atoms with Gasteiger partial charge in [0.05, 0.1) is 5.69 Å². The van der Waals surface area contributed by atoms with Gasteiger partial charge >= 0.3 is 6.01 Å². The van der Waals surface area contributed by atoms with Gasteiger partial charge in [0.2, 0.25) is 5.91 Å². The lowest BCUT2D eigenvalue weighted by Crippen LogP contribution is -2.42. The number of carbonyl (C=O) groups excluding carboxylic acids is 1. The first-order valence-corrected chi connectivity index (χ1v) is 7.97. The first-order valence-electron chi connectivity index (χ1n) is 7.97. The van der Waals surface area contributed by atoms with Crippen molar-refractivity contribution in [2.75, 3.05) is 18.5 Å². The Balaban J connectivity index is 1.97. The molecular formula is C16H24N6O3. The van der Waals surface area contributed by atoms with Crippen molar-refractivity contribution >= 4 is 11.6 Å². The highest BCUT2D eigenvalue weighted by atomic mass is 16.5. The van der Waals surface area contributed by atoms with E-state index >= 15 is 0 Å². The number of ether oxygens (including phenoxy) is 1. The fourth-order valence-corrected chi connectivity index (χ4v) is 1.97. The maximum absolute atomic E-state index is 11.0. The van der Waals surface area contributed by atoms with E-state index in [4.69, 9.17) is 4.74 Å². The number of hydrogen-bond acceptors (Lipinski definition) is 7. The summed E-state index contributed by atoms with van der Waals surface area (Å²) in [7, 11) is 0. The molecule has 0 spiro atoms. The predicted octanol–water partition coefficient (Wildman–Crippen LogP) is 0.748. The lowest BCUT2D eigenvalue weighted by molar-refractivity contribution is -0.114. The lowest BCUT2D eigenvalue weighted by atomic mass is 10.1. The second-order valence-electron chi connectivity index (χ2n) is 6.70. The number of nitrogens with one attached hydrogen (secondary N) is 2. The molecule has 136 valence electrons. The zero-order valence-corrected chi connectivity index (χ0v) is 14.9. The number of aliphatic hydroxyl groups is 1. The SMILES string of the molecule is CC(=O)Nc1ccc(-n2nnnc2OCC(O)CNC(C)(C)C)cc1. The molecule has 0 fully saturated rings. The summed E-state index contributed by atoms with van der Waals surface area (Å²) in [5.41, 5.74) is 1.27. The summed E-state index contributed by atoms with van der Waals surface area (Å²) in [4.78, 5) is 11.0. The molecule has 9 nitrogen and oxygen atoms in total. The highest BCUT2D eigenvalue weighted by molar-refractivity contribution is 5.88. The lowest BCUT2D eigenvalue weighted by Gasteiger charge is -2.22. The third-order valence-electron chi connectivity index (χ3n) is 3.15. The molecule has 0 radical (unpaired) electrons. The van der Waals surface area contributed by atoms with Crippen molar-refractivity contribution in [2.24, 2.45) is 0 Å². The Labute approximate surface area is 146 Å². The number of nitrogens with zero attached hydrogens (tertiary/aromatic N) is 4. The van der Waals surface area contributed by atoms with E-state index in [1.165, 1.54) is 11.6 Å². The number of benzene rings is 1. The zero-order valence-electron chi connectivity index (χ0n) is 14.9. The minimum absolute atomic E-state index is 0.0629. The van der Waals surface area contributed by atoms with E-state index in [-0.39, 0.29) is 24.1 Å². The van der Waals surface area contributed by atoms with E-state index in [0.717, 1.165) is 0 Å². The molecule has 1 unspecified atom stereocenters. The molecule has 1 aromatic heterocycles. The molecule has 25 heavy (non-hydrogen) atoms. The summed E-state index contributed by atoms with van der Waals surface area (Å²) < 4.78 is 6.94. The smallest absolute Gasteiger partial charge is 0.340 e. The van der Waals surface area contributed by atoms with E-state index in [2.05, 4.69) is 26.2 Å². The summed E-state index contributed by atoms with van der Waals surface area (Å²) in [6.07, 6.45) is -0.688. The summed E-state index contributed by atoms with van der Waals surface area (Å²) in [6.45, 7) is 7.97. The van der Waals surface area contributed by atoms with Gasteiger partial charge in [0.25, 0.3) is 0 Å². The molecule has 9 heteroatoms. The fraction of sp³-hybridized carbons (Fsp3) is 0.500. The Kier molecular flexibility index (Phi) is 6.05. The molecule has 0 aliphatic carbocycles. The average Bonchev–Trinajstić information content (AvgIpc) is 2.99. The first-order chi connectivity index (χ1) is 11.7. The van der Waals surface area contributed by atoms with Gasteiger partial charge in [-0.1, -0.05) is 5.10 Å². The summed E-state index contributed by atoms with van der Waals surface area (Å²) in [6, 6.07) is 7.18. The minimum atomic E-state index is -0.688. The molecule has 3 N–H and O–H groups in total. The molecule has 1 amide bonds. The molecule has 0 saturated carbocycles. The van der Waals surface area contributed by atoms with Gasteiger partial charge in [-0.05, 0) is 55.5 Å². The molecule has 0 aliphatic rings. The number of tetrazole rings is 1. The van der Waals surface area contributed by atoms with Crippen molar-refractivity contribution in [3.05, 3.63) is 24.3 Å². The quantitative estimate of drug-likeness (QED) is 0.676. The number of aromatic nitrogens is 4. The third-order valence-corrected chi connectivity index (χ3v) is 3.15. The van der Waals surface area contributed by atoms with Crippen molar-refractivity contribution in [1.29, 1.82) is 0 Å². The largest absolute Gasteiger partial charge is 0.459 e. The molecule has 0 saturated heterocycles. The van der Waals surface area contributed by atoms with Crippen LogP contribution in [0.15, 0.2) is 24.3 Å². The minimum Gasteiger partial charge on any atom is -0.459 e. The molecule has 1 atom stereocenters. The van der Waals surface area contributed by atoms with Crippen molar-refractivity contribution in [1.82, 2.24) is 25.5 Å². The van der Waals surface area contributed by atoms with Gasteiger partial charge in [0.15, 0.2) is 0 Å². The van der Waals surface area contributed by atoms with Gasteiger partial charge in [0.1, 0.15) is 12.7 Å². The Hall–Kier alpha value is -2.52. The van der Waals surface area contributed by atoms with Crippen LogP contribution in [0.3, 0.4) is 0 Å². The van der Waals surface area contributed by atoms with Gasteiger partial charge in [0, 0.05) is 24.7 Å². The monoisotopic (exact) mass is 348 g/mol. The van der Waals surface area contributed by atoms with Crippen molar-refractivity contribution in [2.45, 2.75) is 39.3 Å². The topological polar surface area (TPSA) is 114 Å². The standard InChI is InChI=1S/C16H24N6O3/c1-11(23)18-12-5-7-13(8-6-12)22-15(19-20-21-22)25-10-14(24)9-17-16(2,3)4/h5-8,14,17,24H,9-10H2,1-4H3,(H,18,23). The van der Waals surface area contributed by atoms with Gasteiger partial charge in [-0.3, -0.25) is 4.79 Å². The maximum Gasteiger partial charge on any atom is 0.340 e. The van der Waals surface area contributed by atoms with Crippen LogP contribution in [-0.4, -0.2) is 56.0 Å². The number of anilines is 1. The normalized spacial score (nSPS) is 12.7. The van der Waals surface area contributed by atoms with Crippen LogP contribution in [0.25, 0.3) is 5.69 Å².